The summed E-state index contributed by atoms with van der Waals surface area (Å²) in [7, 11) is 0. The molecule has 0 heterocycles. The first-order valence-electron chi connectivity index (χ1n) is 5.93. The molecule has 0 radical (unpaired) electrons. The zero-order valence-corrected chi connectivity index (χ0v) is 11.4. The topological polar surface area (TPSA) is 55.2 Å². The van der Waals surface area contributed by atoms with Gasteiger partial charge in [0.1, 0.15) is 5.82 Å². The maximum atomic E-state index is 13.0. The maximum absolute atomic E-state index is 13.0. The lowest BCUT2D eigenvalue weighted by Crippen LogP contribution is -2.07. The summed E-state index contributed by atoms with van der Waals surface area (Å²) in [5.41, 5.74) is 1.35. The average Bonchev–Trinajstić information content (AvgIpc) is 2.42. The Morgan fingerprint density at radius 1 is 1.30 bits per heavy atom. The second-order valence-electron chi connectivity index (χ2n) is 4.34. The number of nitrogens with one attached hydrogen (secondary N) is 1. The van der Waals surface area contributed by atoms with Crippen LogP contribution < -0.4 is 5.32 Å². The summed E-state index contributed by atoms with van der Waals surface area (Å²) in [5.74, 6) is -0.413. The van der Waals surface area contributed by atoms with Crippen molar-refractivity contribution in [2.24, 2.45) is 0 Å². The molecule has 2 aromatic carbocycles. The Balaban J connectivity index is 2.21. The molecule has 0 saturated carbocycles. The molecular weight excluding hydrogens is 283 g/mol. The van der Waals surface area contributed by atoms with Gasteiger partial charge in [0, 0.05) is 18.2 Å². The molecule has 1 unspecified atom stereocenters. The summed E-state index contributed by atoms with van der Waals surface area (Å²) >= 11 is 5.93. The molecule has 2 rings (SSSR count). The number of nitro benzene ring substituents is 1. The van der Waals surface area contributed by atoms with Crippen molar-refractivity contribution in [3.63, 3.8) is 0 Å². The van der Waals surface area contributed by atoms with Crippen molar-refractivity contribution in [3.8, 4) is 0 Å². The molecule has 6 heteroatoms. The molecule has 0 spiro atoms. The van der Waals surface area contributed by atoms with E-state index < -0.39 is 10.7 Å². The number of rotatable bonds is 4. The fourth-order valence-electron chi connectivity index (χ4n) is 1.83. The largest absolute Gasteiger partial charge is 0.377 e. The number of nitro groups is 1. The highest BCUT2D eigenvalue weighted by molar-refractivity contribution is 6.33. The highest BCUT2D eigenvalue weighted by Crippen LogP contribution is 2.28. The number of benzene rings is 2. The van der Waals surface area contributed by atoms with Crippen molar-refractivity contribution in [2.75, 3.05) is 5.32 Å². The Kier molecular flexibility index (Phi) is 4.20. The van der Waals surface area contributed by atoms with Gasteiger partial charge in [-0.15, -0.1) is 0 Å². The van der Waals surface area contributed by atoms with Crippen LogP contribution in [-0.2, 0) is 0 Å². The van der Waals surface area contributed by atoms with Crippen LogP contribution in [0.1, 0.15) is 18.5 Å². The number of hydrogen-bond acceptors (Lipinski definition) is 3. The summed E-state index contributed by atoms with van der Waals surface area (Å²) in [6.45, 7) is 1.85. The van der Waals surface area contributed by atoms with Crippen molar-refractivity contribution < 1.29 is 9.31 Å². The lowest BCUT2D eigenvalue weighted by atomic mass is 10.1. The smallest absolute Gasteiger partial charge is 0.269 e. The van der Waals surface area contributed by atoms with Crippen LogP contribution in [0.15, 0.2) is 42.5 Å². The molecule has 0 bridgehead atoms. The van der Waals surface area contributed by atoms with Crippen molar-refractivity contribution >= 4 is 23.0 Å². The molecule has 1 N–H and O–H groups in total. The van der Waals surface area contributed by atoms with Crippen LogP contribution in [-0.4, -0.2) is 4.92 Å². The minimum absolute atomic E-state index is 0.0290. The highest BCUT2D eigenvalue weighted by Gasteiger charge is 2.12. The first-order chi connectivity index (χ1) is 9.47. The molecule has 2 aromatic rings. The summed E-state index contributed by atoms with van der Waals surface area (Å²) < 4.78 is 13.0. The SMILES string of the molecule is CC(Nc1ccc(F)cc1Cl)c1cccc([N+](=O)[O-])c1. The minimum Gasteiger partial charge on any atom is -0.377 e. The number of anilines is 1. The Morgan fingerprint density at radius 3 is 2.70 bits per heavy atom. The van der Waals surface area contributed by atoms with Crippen LogP contribution in [0.3, 0.4) is 0 Å². The van der Waals surface area contributed by atoms with E-state index in [0.29, 0.717) is 5.69 Å². The van der Waals surface area contributed by atoms with Gasteiger partial charge in [-0.1, -0.05) is 23.7 Å². The molecule has 4 nitrogen and oxygen atoms in total. The van der Waals surface area contributed by atoms with Crippen molar-refractivity contribution in [1.29, 1.82) is 0 Å². The molecule has 0 fully saturated rings. The van der Waals surface area contributed by atoms with Gasteiger partial charge in [-0.2, -0.15) is 0 Å². The maximum Gasteiger partial charge on any atom is 0.269 e. The molecule has 0 amide bonds. The third kappa shape index (κ3) is 3.24. The fourth-order valence-corrected chi connectivity index (χ4v) is 2.05. The normalized spacial score (nSPS) is 11.9. The van der Waals surface area contributed by atoms with Crippen LogP contribution in [0.5, 0.6) is 0 Å². The molecule has 0 aromatic heterocycles. The number of non-ortho nitro benzene ring substituents is 1. The van der Waals surface area contributed by atoms with E-state index in [9.17, 15) is 14.5 Å². The molecule has 0 aliphatic rings. The van der Waals surface area contributed by atoms with Crippen LogP contribution in [0.25, 0.3) is 0 Å². The van der Waals surface area contributed by atoms with Gasteiger partial charge in [0.15, 0.2) is 0 Å². The van der Waals surface area contributed by atoms with E-state index in [0.717, 1.165) is 5.56 Å². The van der Waals surface area contributed by atoms with E-state index in [2.05, 4.69) is 5.32 Å². The van der Waals surface area contributed by atoms with Gasteiger partial charge in [0.25, 0.3) is 5.69 Å². The van der Waals surface area contributed by atoms with Crippen LogP contribution in [0, 0.1) is 15.9 Å². The summed E-state index contributed by atoms with van der Waals surface area (Å²) in [5, 5.41) is 14.1. The first-order valence-corrected chi connectivity index (χ1v) is 6.31. The van der Waals surface area contributed by atoms with E-state index in [4.69, 9.17) is 11.6 Å². The van der Waals surface area contributed by atoms with Gasteiger partial charge >= 0.3 is 0 Å². The highest BCUT2D eigenvalue weighted by atomic mass is 35.5. The predicted octanol–water partition coefficient (Wildman–Crippen LogP) is 4.56. The van der Waals surface area contributed by atoms with Gasteiger partial charge in [0.05, 0.1) is 15.6 Å². The Morgan fingerprint density at radius 2 is 2.05 bits per heavy atom. The predicted molar refractivity (Wildman–Crippen MR) is 76.5 cm³/mol. The van der Waals surface area contributed by atoms with Crippen molar-refractivity contribution in [3.05, 3.63) is 69.0 Å². The summed E-state index contributed by atoms with van der Waals surface area (Å²) in [4.78, 5) is 10.3. The lowest BCUT2D eigenvalue weighted by molar-refractivity contribution is -0.384. The van der Waals surface area contributed by atoms with Gasteiger partial charge in [-0.3, -0.25) is 10.1 Å². The second kappa shape index (κ2) is 5.88. The number of hydrogen-bond donors (Lipinski definition) is 1. The van der Waals surface area contributed by atoms with Gasteiger partial charge in [0.2, 0.25) is 0 Å². The van der Waals surface area contributed by atoms with Gasteiger partial charge in [-0.25, -0.2) is 4.39 Å². The van der Waals surface area contributed by atoms with E-state index >= 15 is 0 Å². The Labute approximate surface area is 120 Å². The standard InChI is InChI=1S/C14H12ClFN2O2/c1-9(10-3-2-4-12(7-10)18(19)20)17-14-6-5-11(16)8-13(14)15/h2-9,17H,1H3. The lowest BCUT2D eigenvalue weighted by Gasteiger charge is -2.16. The molecule has 0 saturated heterocycles. The first kappa shape index (κ1) is 14.3. The number of nitrogens with zero attached hydrogens (tertiary/aromatic N) is 1. The second-order valence-corrected chi connectivity index (χ2v) is 4.75. The van der Waals surface area contributed by atoms with Crippen LogP contribution in [0.4, 0.5) is 15.8 Å². The minimum atomic E-state index is -0.443. The molecule has 0 aliphatic carbocycles. The van der Waals surface area contributed by atoms with E-state index in [-0.39, 0.29) is 16.8 Å². The van der Waals surface area contributed by atoms with Crippen molar-refractivity contribution in [2.45, 2.75) is 13.0 Å². The molecule has 1 atom stereocenters. The van der Waals surface area contributed by atoms with E-state index in [1.54, 1.807) is 12.1 Å². The average molecular weight is 295 g/mol. The summed E-state index contributed by atoms with van der Waals surface area (Å²) in [6, 6.07) is 10.2. The van der Waals surface area contributed by atoms with Gasteiger partial charge in [-0.05, 0) is 30.7 Å². The third-order valence-electron chi connectivity index (χ3n) is 2.88. The van der Waals surface area contributed by atoms with Crippen molar-refractivity contribution in [1.82, 2.24) is 0 Å². The molecular formula is C14H12ClFN2O2. The third-order valence-corrected chi connectivity index (χ3v) is 3.20. The molecule has 20 heavy (non-hydrogen) atoms. The molecule has 0 aliphatic heterocycles. The Hall–Kier alpha value is -2.14. The molecule has 104 valence electrons. The van der Waals surface area contributed by atoms with E-state index in [1.165, 1.54) is 30.3 Å². The Bertz CT molecular complexity index is 649. The zero-order chi connectivity index (χ0) is 14.7. The zero-order valence-electron chi connectivity index (χ0n) is 10.6. The van der Waals surface area contributed by atoms with E-state index in [1.807, 2.05) is 6.92 Å². The quantitative estimate of drug-likeness (QED) is 0.664. The van der Waals surface area contributed by atoms with Crippen LogP contribution in [0.2, 0.25) is 5.02 Å². The number of halogens is 2. The monoisotopic (exact) mass is 294 g/mol. The fraction of sp³-hybridized carbons (Fsp3) is 0.143. The van der Waals surface area contributed by atoms with Crippen LogP contribution >= 0.6 is 11.6 Å². The van der Waals surface area contributed by atoms with Gasteiger partial charge < -0.3 is 5.32 Å². The summed E-state index contributed by atoms with van der Waals surface area (Å²) in [6.07, 6.45) is 0.